The molecule has 0 unspecified atom stereocenters. The number of carbonyl (C=O) groups excluding carboxylic acids is 2. The number of carbonyl (C=O) groups is 2. The molecule has 2 aromatic carbocycles. The van der Waals surface area contributed by atoms with E-state index in [9.17, 15) is 22.8 Å². The zero-order chi connectivity index (χ0) is 21.3. The van der Waals surface area contributed by atoms with Crippen molar-refractivity contribution in [2.24, 2.45) is 0 Å². The van der Waals surface area contributed by atoms with Gasteiger partial charge in [0.25, 0.3) is 5.91 Å². The number of nitrogens with one attached hydrogen (secondary N) is 1. The van der Waals surface area contributed by atoms with Crippen molar-refractivity contribution in [1.29, 1.82) is 0 Å². The molecule has 1 aliphatic heterocycles. The molecule has 154 valence electrons. The number of halogens is 3. The molecule has 1 aliphatic rings. The van der Waals surface area contributed by atoms with Crippen LogP contribution in [-0.2, 0) is 11.0 Å². The first-order valence-electron chi connectivity index (χ1n) is 9.18. The molecule has 0 saturated carbocycles. The highest BCUT2D eigenvalue weighted by atomic mass is 19.4. The van der Waals surface area contributed by atoms with Crippen LogP contribution in [0, 0.1) is 6.92 Å². The molecule has 0 aromatic heterocycles. The fraction of sp³-hybridized carbons (Fsp3) is 0.333. The number of nitrogens with zero attached hydrogens (tertiary/aromatic N) is 2. The molecular formula is C21H22F3N3O2. The van der Waals surface area contributed by atoms with Crippen LogP contribution in [0.2, 0.25) is 0 Å². The van der Waals surface area contributed by atoms with Gasteiger partial charge in [-0.05, 0) is 55.3 Å². The summed E-state index contributed by atoms with van der Waals surface area (Å²) in [4.78, 5) is 27.9. The number of alkyl halides is 3. The molecule has 0 aliphatic carbocycles. The molecule has 0 spiro atoms. The van der Waals surface area contributed by atoms with Gasteiger partial charge in [-0.25, -0.2) is 0 Å². The zero-order valence-electron chi connectivity index (χ0n) is 16.4. The maximum Gasteiger partial charge on any atom is 0.416 e. The largest absolute Gasteiger partial charge is 0.416 e. The van der Waals surface area contributed by atoms with Gasteiger partial charge in [0.1, 0.15) is 0 Å². The summed E-state index contributed by atoms with van der Waals surface area (Å²) in [6.07, 6.45) is -3.76. The van der Waals surface area contributed by atoms with Crippen LogP contribution in [0.25, 0.3) is 0 Å². The molecule has 29 heavy (non-hydrogen) atoms. The lowest BCUT2D eigenvalue weighted by Gasteiger charge is -2.19. The fourth-order valence-electron chi connectivity index (χ4n) is 3.42. The second kappa shape index (κ2) is 7.77. The minimum atomic E-state index is -4.63. The van der Waals surface area contributed by atoms with Crippen LogP contribution >= 0.6 is 0 Å². The molecule has 1 heterocycles. The summed E-state index contributed by atoms with van der Waals surface area (Å²) in [6, 6.07) is 8.32. The van der Waals surface area contributed by atoms with E-state index in [1.54, 1.807) is 12.1 Å². The second-order valence-corrected chi connectivity index (χ2v) is 7.27. The predicted molar refractivity (Wildman–Crippen MR) is 106 cm³/mol. The normalized spacial score (nSPS) is 14.3. The molecule has 1 saturated heterocycles. The smallest absolute Gasteiger partial charge is 0.377 e. The van der Waals surface area contributed by atoms with Crippen molar-refractivity contribution in [3.63, 3.8) is 0 Å². The van der Waals surface area contributed by atoms with E-state index in [0.717, 1.165) is 23.4 Å². The quantitative estimate of drug-likeness (QED) is 0.817. The Morgan fingerprint density at radius 1 is 1.14 bits per heavy atom. The molecule has 1 fully saturated rings. The summed E-state index contributed by atoms with van der Waals surface area (Å²) in [5, 5.41) is 2.64. The summed E-state index contributed by atoms with van der Waals surface area (Å²) in [6.45, 7) is 2.22. The Hall–Kier alpha value is -3.03. The number of benzene rings is 2. The Bertz CT molecular complexity index is 955. The molecule has 5 nitrogen and oxygen atoms in total. The van der Waals surface area contributed by atoms with E-state index in [-0.39, 0.29) is 23.6 Å². The van der Waals surface area contributed by atoms with Crippen molar-refractivity contribution >= 4 is 28.9 Å². The molecule has 2 aromatic rings. The number of hydrogen-bond donors (Lipinski definition) is 1. The first kappa shape index (κ1) is 20.7. The first-order valence-corrected chi connectivity index (χ1v) is 9.18. The van der Waals surface area contributed by atoms with Crippen LogP contribution in [-0.4, -0.2) is 32.5 Å². The Morgan fingerprint density at radius 3 is 2.41 bits per heavy atom. The van der Waals surface area contributed by atoms with Crippen molar-refractivity contribution in [2.45, 2.75) is 25.9 Å². The van der Waals surface area contributed by atoms with Crippen LogP contribution in [0.4, 0.5) is 30.2 Å². The number of hydrogen-bond acceptors (Lipinski definition) is 3. The van der Waals surface area contributed by atoms with Gasteiger partial charge in [0.15, 0.2) is 0 Å². The highest BCUT2D eigenvalue weighted by molar-refractivity contribution is 6.06. The topological polar surface area (TPSA) is 52.7 Å². The number of rotatable bonds is 4. The third kappa shape index (κ3) is 4.52. The van der Waals surface area contributed by atoms with Gasteiger partial charge in [-0.3, -0.25) is 9.59 Å². The lowest BCUT2D eigenvalue weighted by atomic mass is 10.1. The van der Waals surface area contributed by atoms with E-state index < -0.39 is 17.6 Å². The van der Waals surface area contributed by atoms with Gasteiger partial charge in [-0.2, -0.15) is 13.2 Å². The van der Waals surface area contributed by atoms with E-state index in [0.29, 0.717) is 18.7 Å². The van der Waals surface area contributed by atoms with Crippen LogP contribution in [0.3, 0.4) is 0 Å². The first-order chi connectivity index (χ1) is 13.6. The highest BCUT2D eigenvalue weighted by Gasteiger charge is 2.33. The van der Waals surface area contributed by atoms with E-state index >= 15 is 0 Å². The average molecular weight is 405 g/mol. The summed E-state index contributed by atoms with van der Waals surface area (Å²) in [5.74, 6) is -0.911. The summed E-state index contributed by atoms with van der Waals surface area (Å²) in [7, 11) is 3.79. The van der Waals surface area contributed by atoms with Crippen molar-refractivity contribution in [1.82, 2.24) is 0 Å². The lowest BCUT2D eigenvalue weighted by molar-refractivity contribution is -0.137. The van der Waals surface area contributed by atoms with Crippen molar-refractivity contribution in [3.05, 3.63) is 53.1 Å². The fourth-order valence-corrected chi connectivity index (χ4v) is 3.42. The van der Waals surface area contributed by atoms with E-state index in [4.69, 9.17) is 0 Å². The maximum absolute atomic E-state index is 13.4. The van der Waals surface area contributed by atoms with Crippen molar-refractivity contribution in [2.75, 3.05) is 35.8 Å². The zero-order valence-corrected chi connectivity index (χ0v) is 16.4. The Labute approximate surface area is 167 Å². The number of aryl methyl sites for hydroxylation is 1. The average Bonchev–Trinajstić information content (AvgIpc) is 3.06. The monoisotopic (exact) mass is 405 g/mol. The minimum Gasteiger partial charge on any atom is -0.377 e. The Kier molecular flexibility index (Phi) is 5.55. The summed E-state index contributed by atoms with van der Waals surface area (Å²) >= 11 is 0. The third-order valence-electron chi connectivity index (χ3n) is 4.83. The molecule has 3 rings (SSSR count). The highest BCUT2D eigenvalue weighted by Crippen LogP contribution is 2.34. The molecule has 1 N–H and O–H groups in total. The Morgan fingerprint density at radius 2 is 1.86 bits per heavy atom. The van der Waals surface area contributed by atoms with Gasteiger partial charge in [-0.1, -0.05) is 0 Å². The third-order valence-corrected chi connectivity index (χ3v) is 4.83. The van der Waals surface area contributed by atoms with E-state index in [1.165, 1.54) is 11.0 Å². The molecule has 2 amide bonds. The number of amides is 2. The van der Waals surface area contributed by atoms with Gasteiger partial charge >= 0.3 is 6.18 Å². The van der Waals surface area contributed by atoms with Crippen LogP contribution < -0.4 is 15.1 Å². The molecule has 0 radical (unpaired) electrons. The minimum absolute atomic E-state index is 0.0895. The van der Waals surface area contributed by atoms with E-state index in [2.05, 4.69) is 5.32 Å². The molecular weight excluding hydrogens is 383 g/mol. The maximum atomic E-state index is 13.4. The molecule has 0 atom stereocenters. The van der Waals surface area contributed by atoms with Gasteiger partial charge in [0, 0.05) is 49.7 Å². The number of anilines is 3. The molecule has 8 heteroatoms. The SMILES string of the molecule is Cc1cc(NC(=O)c2cc(N3CCCC3=O)cc(C(F)(F)F)c2)ccc1N(C)C. The summed E-state index contributed by atoms with van der Waals surface area (Å²) in [5.41, 5.74) is 1.35. The van der Waals surface area contributed by atoms with Crippen molar-refractivity contribution < 1.29 is 22.8 Å². The van der Waals surface area contributed by atoms with Gasteiger partial charge < -0.3 is 15.1 Å². The van der Waals surface area contributed by atoms with Gasteiger partial charge in [-0.15, -0.1) is 0 Å². The Balaban J connectivity index is 1.93. The van der Waals surface area contributed by atoms with Gasteiger partial charge in [0.2, 0.25) is 5.91 Å². The second-order valence-electron chi connectivity index (χ2n) is 7.27. The van der Waals surface area contributed by atoms with Gasteiger partial charge in [0.05, 0.1) is 5.56 Å². The van der Waals surface area contributed by atoms with Crippen LogP contribution in [0.5, 0.6) is 0 Å². The van der Waals surface area contributed by atoms with Crippen LogP contribution in [0.1, 0.15) is 34.3 Å². The summed E-state index contributed by atoms with van der Waals surface area (Å²) < 4.78 is 40.1. The molecule has 0 bridgehead atoms. The standard InChI is InChI=1S/C21H22F3N3O2/c1-13-9-16(6-7-18(13)26(2)3)25-20(29)14-10-15(21(22,23)24)12-17(11-14)27-8-4-5-19(27)28/h6-7,9-12H,4-5,8H2,1-3H3,(H,25,29). The van der Waals surface area contributed by atoms with Crippen molar-refractivity contribution in [3.8, 4) is 0 Å². The van der Waals surface area contributed by atoms with Crippen LogP contribution in [0.15, 0.2) is 36.4 Å². The van der Waals surface area contributed by atoms with E-state index in [1.807, 2.05) is 32.0 Å². The lowest BCUT2D eigenvalue weighted by Crippen LogP contribution is -2.25. The predicted octanol–water partition coefficient (Wildman–Crippen LogP) is 4.46.